The van der Waals surface area contributed by atoms with Gasteiger partial charge in [-0.1, -0.05) is 6.92 Å². The van der Waals surface area contributed by atoms with Gasteiger partial charge in [-0.25, -0.2) is 4.79 Å². The van der Waals surface area contributed by atoms with E-state index in [2.05, 4.69) is 5.32 Å². The second kappa shape index (κ2) is 9.11. The first-order chi connectivity index (χ1) is 10.7. The van der Waals surface area contributed by atoms with Gasteiger partial charge in [-0.15, -0.1) is 0 Å². The van der Waals surface area contributed by atoms with E-state index in [1.54, 1.807) is 4.90 Å². The van der Waals surface area contributed by atoms with Gasteiger partial charge in [0.25, 0.3) is 0 Å². The molecule has 0 aromatic heterocycles. The number of hydrogen-bond donors (Lipinski definition) is 2. The highest BCUT2D eigenvalue weighted by atomic mass is 16.6. The molecule has 1 heterocycles. The van der Waals surface area contributed by atoms with Crippen molar-refractivity contribution in [3.63, 3.8) is 0 Å². The van der Waals surface area contributed by atoms with Crippen molar-refractivity contribution in [3.05, 3.63) is 0 Å². The molecule has 6 heteroatoms. The summed E-state index contributed by atoms with van der Waals surface area (Å²) >= 11 is 0. The third-order valence-electron chi connectivity index (χ3n) is 4.01. The number of ether oxygens (including phenoxy) is 1. The summed E-state index contributed by atoms with van der Waals surface area (Å²) in [5.41, 5.74) is -0.473. The Balaban J connectivity index is 2.25. The third kappa shape index (κ3) is 8.21. The van der Waals surface area contributed by atoms with Crippen molar-refractivity contribution in [3.8, 4) is 0 Å². The average Bonchev–Trinajstić information content (AvgIpc) is 2.44. The lowest BCUT2D eigenvalue weighted by atomic mass is 9.93. The first-order valence-electron chi connectivity index (χ1n) is 8.56. The molecule has 1 aliphatic rings. The summed E-state index contributed by atoms with van der Waals surface area (Å²) in [6.45, 7) is 9.65. The number of aliphatic hydroxyl groups excluding tert-OH is 1. The van der Waals surface area contributed by atoms with E-state index in [4.69, 9.17) is 9.84 Å². The molecule has 0 aliphatic carbocycles. The molecule has 1 saturated heterocycles. The summed E-state index contributed by atoms with van der Waals surface area (Å²) < 4.78 is 5.37. The van der Waals surface area contributed by atoms with Crippen molar-refractivity contribution < 1.29 is 19.4 Å². The molecule has 1 rings (SSSR count). The van der Waals surface area contributed by atoms with E-state index in [0.29, 0.717) is 38.4 Å². The number of piperidine rings is 1. The quantitative estimate of drug-likeness (QED) is 0.783. The summed E-state index contributed by atoms with van der Waals surface area (Å²) in [6, 6.07) is 0. The van der Waals surface area contributed by atoms with Crippen LogP contribution in [0.1, 0.15) is 53.4 Å². The zero-order valence-corrected chi connectivity index (χ0v) is 14.9. The van der Waals surface area contributed by atoms with Crippen LogP contribution in [-0.4, -0.2) is 53.8 Å². The minimum atomic E-state index is -0.473. The van der Waals surface area contributed by atoms with Gasteiger partial charge in [0.1, 0.15) is 5.60 Å². The van der Waals surface area contributed by atoms with Crippen molar-refractivity contribution in [1.29, 1.82) is 0 Å². The Kier molecular flexibility index (Phi) is 7.82. The maximum atomic E-state index is 12.0. The Hall–Kier alpha value is -1.30. The zero-order chi connectivity index (χ0) is 17.5. The largest absolute Gasteiger partial charge is 0.444 e. The lowest BCUT2D eigenvalue weighted by molar-refractivity contribution is -0.122. The van der Waals surface area contributed by atoms with Gasteiger partial charge in [0.15, 0.2) is 0 Å². The van der Waals surface area contributed by atoms with Crippen LogP contribution in [0.4, 0.5) is 4.79 Å². The Labute approximate surface area is 139 Å². The minimum Gasteiger partial charge on any atom is -0.444 e. The van der Waals surface area contributed by atoms with E-state index >= 15 is 0 Å². The van der Waals surface area contributed by atoms with Gasteiger partial charge in [0.05, 0.1) is 0 Å². The predicted octanol–water partition coefficient (Wildman–Crippen LogP) is 2.16. The zero-order valence-electron chi connectivity index (χ0n) is 14.9. The van der Waals surface area contributed by atoms with Crippen molar-refractivity contribution in [2.24, 2.45) is 11.8 Å². The molecule has 0 aromatic carbocycles. The maximum absolute atomic E-state index is 12.0. The van der Waals surface area contributed by atoms with Crippen LogP contribution in [0.25, 0.3) is 0 Å². The van der Waals surface area contributed by atoms with E-state index in [1.807, 2.05) is 27.7 Å². The molecule has 1 aliphatic heterocycles. The fourth-order valence-electron chi connectivity index (χ4n) is 2.59. The molecular formula is C17H32N2O4. The Morgan fingerprint density at radius 2 is 1.91 bits per heavy atom. The van der Waals surface area contributed by atoms with Gasteiger partial charge in [-0.05, 0) is 51.9 Å². The van der Waals surface area contributed by atoms with Crippen LogP contribution in [0, 0.1) is 11.8 Å². The molecule has 6 nitrogen and oxygen atoms in total. The number of hydrogen-bond acceptors (Lipinski definition) is 4. The number of aliphatic hydroxyl groups is 1. The molecule has 2 amide bonds. The first kappa shape index (κ1) is 19.7. The highest BCUT2D eigenvalue weighted by Crippen LogP contribution is 2.22. The molecule has 0 radical (unpaired) electrons. The summed E-state index contributed by atoms with van der Waals surface area (Å²) in [6.07, 6.45) is 2.61. The number of amides is 2. The number of rotatable bonds is 6. The molecule has 23 heavy (non-hydrogen) atoms. The molecule has 0 bridgehead atoms. The van der Waals surface area contributed by atoms with Crippen LogP contribution in [0.2, 0.25) is 0 Å². The fraction of sp³-hybridized carbons (Fsp3) is 0.882. The number of carbonyl (C=O) groups is 2. The van der Waals surface area contributed by atoms with Crippen LogP contribution in [0.15, 0.2) is 0 Å². The van der Waals surface area contributed by atoms with Gasteiger partial charge in [0, 0.05) is 32.7 Å². The van der Waals surface area contributed by atoms with Crippen molar-refractivity contribution in [2.75, 3.05) is 26.2 Å². The monoisotopic (exact) mass is 328 g/mol. The molecule has 0 spiro atoms. The molecule has 2 N–H and O–H groups in total. The van der Waals surface area contributed by atoms with E-state index in [0.717, 1.165) is 12.8 Å². The second-order valence-corrected chi connectivity index (χ2v) is 7.54. The lowest BCUT2D eigenvalue weighted by Crippen LogP contribution is -2.42. The van der Waals surface area contributed by atoms with Gasteiger partial charge in [0.2, 0.25) is 5.91 Å². The topological polar surface area (TPSA) is 78.9 Å². The van der Waals surface area contributed by atoms with E-state index in [-0.39, 0.29) is 24.5 Å². The predicted molar refractivity (Wildman–Crippen MR) is 89.0 cm³/mol. The molecule has 1 atom stereocenters. The highest BCUT2D eigenvalue weighted by molar-refractivity contribution is 5.76. The van der Waals surface area contributed by atoms with E-state index in [9.17, 15) is 9.59 Å². The average molecular weight is 328 g/mol. The van der Waals surface area contributed by atoms with Gasteiger partial charge < -0.3 is 20.1 Å². The first-order valence-corrected chi connectivity index (χ1v) is 8.56. The van der Waals surface area contributed by atoms with Crippen LogP contribution < -0.4 is 5.32 Å². The molecule has 0 aromatic rings. The highest BCUT2D eigenvalue weighted by Gasteiger charge is 2.27. The fourth-order valence-corrected chi connectivity index (χ4v) is 2.59. The van der Waals surface area contributed by atoms with Crippen LogP contribution in [0.3, 0.4) is 0 Å². The number of carbonyl (C=O) groups excluding carboxylic acids is 2. The third-order valence-corrected chi connectivity index (χ3v) is 4.01. The normalized spacial score (nSPS) is 17.7. The lowest BCUT2D eigenvalue weighted by Gasteiger charge is -2.33. The summed E-state index contributed by atoms with van der Waals surface area (Å²) in [4.78, 5) is 25.7. The Morgan fingerprint density at radius 3 is 2.43 bits per heavy atom. The minimum absolute atomic E-state index is 0.0607. The Morgan fingerprint density at radius 1 is 1.30 bits per heavy atom. The number of nitrogens with zero attached hydrogens (tertiary/aromatic N) is 1. The molecular weight excluding hydrogens is 296 g/mol. The standard InChI is InChI=1S/C17H32N2O4/c1-13(7-10-20)12-18-15(21)11-14-5-8-19(9-6-14)16(22)23-17(2,3)4/h13-14,20H,5-12H2,1-4H3,(H,18,21)/t13-/m0/s1. The van der Waals surface area contributed by atoms with Gasteiger partial charge in [-0.3, -0.25) is 4.79 Å². The smallest absolute Gasteiger partial charge is 0.410 e. The van der Waals surface area contributed by atoms with E-state index < -0.39 is 5.60 Å². The summed E-state index contributed by atoms with van der Waals surface area (Å²) in [5.74, 6) is 0.672. The summed E-state index contributed by atoms with van der Waals surface area (Å²) in [7, 11) is 0. The van der Waals surface area contributed by atoms with Crippen molar-refractivity contribution in [1.82, 2.24) is 10.2 Å². The molecule has 1 fully saturated rings. The Bertz CT molecular complexity index is 385. The summed E-state index contributed by atoms with van der Waals surface area (Å²) in [5, 5.41) is 11.8. The molecule has 0 saturated carbocycles. The van der Waals surface area contributed by atoms with Crippen molar-refractivity contribution >= 4 is 12.0 Å². The van der Waals surface area contributed by atoms with Crippen molar-refractivity contribution in [2.45, 2.75) is 59.0 Å². The van der Waals surface area contributed by atoms with E-state index in [1.165, 1.54) is 0 Å². The maximum Gasteiger partial charge on any atom is 0.410 e. The SMILES string of the molecule is C[C@@H](CCO)CNC(=O)CC1CCN(C(=O)OC(C)(C)C)CC1. The molecule has 134 valence electrons. The van der Waals surface area contributed by atoms with Gasteiger partial charge >= 0.3 is 6.09 Å². The number of nitrogens with one attached hydrogen (secondary N) is 1. The number of likely N-dealkylation sites (tertiary alicyclic amines) is 1. The second-order valence-electron chi connectivity index (χ2n) is 7.54. The molecule has 0 unspecified atom stereocenters. The van der Waals surface area contributed by atoms with Crippen LogP contribution >= 0.6 is 0 Å². The van der Waals surface area contributed by atoms with Gasteiger partial charge in [-0.2, -0.15) is 0 Å². The van der Waals surface area contributed by atoms with Crippen LogP contribution in [0.5, 0.6) is 0 Å². The van der Waals surface area contributed by atoms with Crippen LogP contribution in [-0.2, 0) is 9.53 Å².